The molecule has 8 nitrogen and oxygen atoms in total. The summed E-state index contributed by atoms with van der Waals surface area (Å²) < 4.78 is 6.22. The van der Waals surface area contributed by atoms with Gasteiger partial charge in [0.05, 0.1) is 12.8 Å². The average Bonchev–Trinajstić information content (AvgIpc) is 2.87. The van der Waals surface area contributed by atoms with Crippen LogP contribution in [0.2, 0.25) is 5.02 Å². The molecular formula is C25H25ClN4O4. The number of esters is 1. The van der Waals surface area contributed by atoms with E-state index in [1.807, 2.05) is 41.3 Å². The smallest absolute Gasteiger partial charge is 0.327 e. The molecule has 2 aromatic carbocycles. The first kappa shape index (κ1) is 23.7. The number of carbonyl (C=O) groups excluding carboxylic acids is 2. The molecule has 1 fully saturated rings. The van der Waals surface area contributed by atoms with Crippen molar-refractivity contribution in [1.29, 1.82) is 0 Å². The van der Waals surface area contributed by atoms with Crippen LogP contribution in [0, 0.1) is 0 Å². The fraction of sp³-hybridized carbons (Fsp3) is 0.280. The quantitative estimate of drug-likeness (QED) is 0.504. The van der Waals surface area contributed by atoms with Crippen LogP contribution in [0.4, 0.5) is 0 Å². The van der Waals surface area contributed by atoms with Gasteiger partial charge in [-0.1, -0.05) is 60.1 Å². The van der Waals surface area contributed by atoms with Gasteiger partial charge in [-0.2, -0.15) is 5.10 Å². The van der Waals surface area contributed by atoms with E-state index in [0.717, 1.165) is 5.56 Å². The molecule has 0 radical (unpaired) electrons. The van der Waals surface area contributed by atoms with E-state index in [1.54, 1.807) is 29.2 Å². The van der Waals surface area contributed by atoms with Crippen LogP contribution in [0.3, 0.4) is 0 Å². The SMILES string of the molecule is COC(=O)C(c1ccccc1Cl)N1CCN(C(=O)Cn2nc(-c3ccccc3)ccc2=O)CC1. The van der Waals surface area contributed by atoms with Crippen LogP contribution in [0.5, 0.6) is 0 Å². The number of carbonyl (C=O) groups is 2. The van der Waals surface area contributed by atoms with E-state index in [-0.39, 0.29) is 18.0 Å². The molecule has 2 heterocycles. The van der Waals surface area contributed by atoms with Gasteiger partial charge in [-0.3, -0.25) is 14.5 Å². The largest absolute Gasteiger partial charge is 0.468 e. The van der Waals surface area contributed by atoms with Crippen molar-refractivity contribution in [1.82, 2.24) is 19.6 Å². The molecule has 1 aromatic heterocycles. The van der Waals surface area contributed by atoms with Gasteiger partial charge in [-0.05, 0) is 17.7 Å². The van der Waals surface area contributed by atoms with Crippen molar-refractivity contribution in [2.45, 2.75) is 12.6 Å². The number of ether oxygens (including phenoxy) is 1. The third kappa shape index (κ3) is 5.18. The van der Waals surface area contributed by atoms with E-state index in [1.165, 1.54) is 17.9 Å². The molecule has 0 N–H and O–H groups in total. The van der Waals surface area contributed by atoms with E-state index in [4.69, 9.17) is 16.3 Å². The number of hydrogen-bond acceptors (Lipinski definition) is 6. The highest BCUT2D eigenvalue weighted by Crippen LogP contribution is 2.29. The first-order chi connectivity index (χ1) is 16.5. The summed E-state index contributed by atoms with van der Waals surface area (Å²) in [5.41, 5.74) is 1.82. The molecule has 1 aliphatic rings. The van der Waals surface area contributed by atoms with E-state index < -0.39 is 12.0 Å². The maximum atomic E-state index is 13.0. The standard InChI is InChI=1S/C25H25ClN4O4/c1-34-25(33)24(19-9-5-6-10-20(19)26)29-15-13-28(14-16-29)23(32)17-30-22(31)12-11-21(27-30)18-7-3-2-4-8-18/h2-12,24H,13-17H2,1H3. The van der Waals surface area contributed by atoms with Gasteiger partial charge < -0.3 is 9.64 Å². The van der Waals surface area contributed by atoms with Crippen LogP contribution >= 0.6 is 11.6 Å². The fourth-order valence-corrected chi connectivity index (χ4v) is 4.30. The Hall–Kier alpha value is -3.49. The van der Waals surface area contributed by atoms with Crippen molar-refractivity contribution >= 4 is 23.5 Å². The number of amides is 1. The number of hydrogen-bond donors (Lipinski definition) is 0. The van der Waals surface area contributed by atoms with Crippen molar-refractivity contribution in [3.8, 4) is 11.3 Å². The molecule has 34 heavy (non-hydrogen) atoms. The second-order valence-corrected chi connectivity index (χ2v) is 8.35. The summed E-state index contributed by atoms with van der Waals surface area (Å²) in [5.74, 6) is -0.604. The summed E-state index contributed by atoms with van der Waals surface area (Å²) in [4.78, 5) is 41.5. The summed E-state index contributed by atoms with van der Waals surface area (Å²) in [6.45, 7) is 1.59. The second-order valence-electron chi connectivity index (χ2n) is 7.94. The number of nitrogens with zero attached hydrogens (tertiary/aromatic N) is 4. The molecule has 1 aliphatic heterocycles. The van der Waals surface area contributed by atoms with Gasteiger partial charge in [-0.15, -0.1) is 0 Å². The van der Waals surface area contributed by atoms with Crippen LogP contribution in [-0.2, 0) is 20.9 Å². The predicted octanol–water partition coefficient (Wildman–Crippen LogP) is 2.62. The van der Waals surface area contributed by atoms with E-state index in [2.05, 4.69) is 5.10 Å². The molecule has 0 bridgehead atoms. The summed E-state index contributed by atoms with van der Waals surface area (Å²) in [7, 11) is 1.35. The van der Waals surface area contributed by atoms with Gasteiger partial charge in [0.15, 0.2) is 0 Å². The molecule has 1 unspecified atom stereocenters. The zero-order valence-electron chi connectivity index (χ0n) is 18.8. The van der Waals surface area contributed by atoms with Gasteiger partial charge in [0.1, 0.15) is 12.6 Å². The lowest BCUT2D eigenvalue weighted by atomic mass is 10.0. The van der Waals surface area contributed by atoms with Crippen LogP contribution < -0.4 is 5.56 Å². The lowest BCUT2D eigenvalue weighted by Crippen LogP contribution is -2.52. The third-order valence-corrected chi connectivity index (χ3v) is 6.22. The van der Waals surface area contributed by atoms with E-state index >= 15 is 0 Å². The fourth-order valence-electron chi connectivity index (χ4n) is 4.06. The van der Waals surface area contributed by atoms with Gasteiger partial charge in [0.25, 0.3) is 5.56 Å². The maximum Gasteiger partial charge on any atom is 0.327 e. The molecule has 0 spiro atoms. The molecular weight excluding hydrogens is 456 g/mol. The summed E-state index contributed by atoms with van der Waals surface area (Å²) in [6.07, 6.45) is 0. The van der Waals surface area contributed by atoms with E-state index in [0.29, 0.717) is 42.5 Å². The number of aromatic nitrogens is 2. The first-order valence-corrected chi connectivity index (χ1v) is 11.3. The monoisotopic (exact) mass is 480 g/mol. The topological polar surface area (TPSA) is 84.7 Å². The van der Waals surface area contributed by atoms with Crippen LogP contribution in [0.1, 0.15) is 11.6 Å². The Morgan fingerprint density at radius 3 is 2.32 bits per heavy atom. The Bertz CT molecular complexity index is 1220. The summed E-state index contributed by atoms with van der Waals surface area (Å²) >= 11 is 6.34. The third-order valence-electron chi connectivity index (χ3n) is 5.88. The molecule has 1 saturated heterocycles. The Balaban J connectivity index is 1.44. The van der Waals surface area contributed by atoms with Gasteiger partial charge in [0.2, 0.25) is 5.91 Å². The van der Waals surface area contributed by atoms with Crippen molar-refractivity contribution in [3.05, 3.63) is 87.7 Å². The minimum Gasteiger partial charge on any atom is -0.468 e. The van der Waals surface area contributed by atoms with Crippen molar-refractivity contribution in [3.63, 3.8) is 0 Å². The molecule has 1 atom stereocenters. The Morgan fingerprint density at radius 1 is 0.971 bits per heavy atom. The van der Waals surface area contributed by atoms with Gasteiger partial charge in [0, 0.05) is 42.8 Å². The van der Waals surface area contributed by atoms with E-state index in [9.17, 15) is 14.4 Å². The minimum atomic E-state index is -0.650. The highest BCUT2D eigenvalue weighted by atomic mass is 35.5. The van der Waals surface area contributed by atoms with Crippen LogP contribution in [0.15, 0.2) is 71.5 Å². The Morgan fingerprint density at radius 2 is 1.65 bits per heavy atom. The molecule has 4 rings (SSSR count). The molecule has 9 heteroatoms. The lowest BCUT2D eigenvalue weighted by Gasteiger charge is -2.38. The average molecular weight is 481 g/mol. The maximum absolute atomic E-state index is 13.0. The number of piperazine rings is 1. The normalized spacial score (nSPS) is 15.1. The van der Waals surface area contributed by atoms with Crippen LogP contribution in [-0.4, -0.2) is 64.7 Å². The van der Waals surface area contributed by atoms with Crippen molar-refractivity contribution < 1.29 is 14.3 Å². The lowest BCUT2D eigenvalue weighted by molar-refractivity contribution is -0.148. The Kier molecular flexibility index (Phi) is 7.40. The van der Waals surface area contributed by atoms with Crippen LogP contribution in [0.25, 0.3) is 11.3 Å². The zero-order valence-corrected chi connectivity index (χ0v) is 19.5. The minimum absolute atomic E-state index is 0.148. The van der Waals surface area contributed by atoms with Crippen molar-refractivity contribution in [2.75, 3.05) is 33.3 Å². The van der Waals surface area contributed by atoms with Gasteiger partial charge >= 0.3 is 5.97 Å². The highest BCUT2D eigenvalue weighted by Gasteiger charge is 2.33. The molecule has 176 valence electrons. The number of benzene rings is 2. The molecule has 3 aromatic rings. The number of halogens is 1. The first-order valence-electron chi connectivity index (χ1n) is 11.0. The van der Waals surface area contributed by atoms with Crippen molar-refractivity contribution in [2.24, 2.45) is 0 Å². The Labute approximate surface area is 202 Å². The molecule has 0 aliphatic carbocycles. The molecule has 1 amide bonds. The second kappa shape index (κ2) is 10.6. The predicted molar refractivity (Wildman–Crippen MR) is 128 cm³/mol. The summed E-state index contributed by atoms with van der Waals surface area (Å²) in [5, 5.41) is 4.86. The number of methoxy groups -OCH3 is 1. The summed E-state index contributed by atoms with van der Waals surface area (Å²) in [6, 6.07) is 19.1. The number of rotatable bonds is 6. The zero-order chi connectivity index (χ0) is 24.1. The highest BCUT2D eigenvalue weighted by molar-refractivity contribution is 6.31. The molecule has 0 saturated carbocycles. The van der Waals surface area contributed by atoms with Gasteiger partial charge in [-0.25, -0.2) is 9.48 Å².